The molecule has 1 unspecified atom stereocenters. The zero-order valence-corrected chi connectivity index (χ0v) is 21.9. The number of rotatable bonds is 5. The molecule has 0 N–H and O–H groups in total. The van der Waals surface area contributed by atoms with E-state index in [0.717, 1.165) is 5.56 Å². The quantitative estimate of drug-likeness (QED) is 0.345. The average Bonchev–Trinajstić information content (AvgIpc) is 2.83. The highest BCUT2D eigenvalue weighted by Crippen LogP contribution is 2.29. The highest BCUT2D eigenvalue weighted by Gasteiger charge is 2.30. The lowest BCUT2D eigenvalue weighted by molar-refractivity contribution is 0.379. The zero-order chi connectivity index (χ0) is 25.5. The first-order valence-corrected chi connectivity index (χ1v) is 13.1. The molecule has 1 heterocycles. The van der Waals surface area contributed by atoms with Gasteiger partial charge >= 0.3 is 0 Å². The molecule has 1 aromatic heterocycles. The second-order valence-electron chi connectivity index (χ2n) is 9.58. The van der Waals surface area contributed by atoms with Crippen LogP contribution in [-0.4, -0.2) is 29.3 Å². The van der Waals surface area contributed by atoms with Crippen LogP contribution in [-0.2, 0) is 15.4 Å². The molecule has 4 aromatic rings. The number of hydrogen-bond acceptors (Lipinski definition) is 4. The molecule has 6 nitrogen and oxygen atoms in total. The molecular formula is C27H28ClN3O3S. The van der Waals surface area contributed by atoms with Gasteiger partial charge in [-0.1, -0.05) is 56.6 Å². The maximum absolute atomic E-state index is 13.5. The Kier molecular flexibility index (Phi) is 6.62. The standard InChI is InChI=1S/C27H28ClN3O3S/c1-18(30(5)35(33,34)22-16-10-19(11-17-22)27(2,3)4)25-29-24-9-7-6-8-23(24)26(32)31(25)21-14-12-20(28)13-15-21/h6-18H,1-5H3. The molecule has 0 saturated carbocycles. The fraction of sp³-hybridized carbons (Fsp3) is 0.259. The predicted octanol–water partition coefficient (Wildman–Crippen LogP) is 5.72. The molecule has 0 bridgehead atoms. The summed E-state index contributed by atoms with van der Waals surface area (Å²) in [5.74, 6) is 0.313. The zero-order valence-electron chi connectivity index (χ0n) is 20.4. The number of para-hydroxylation sites is 1. The summed E-state index contributed by atoms with van der Waals surface area (Å²) in [6.07, 6.45) is 0. The molecule has 35 heavy (non-hydrogen) atoms. The number of fused-ring (bicyclic) bond motifs is 1. The van der Waals surface area contributed by atoms with Crippen molar-refractivity contribution in [2.24, 2.45) is 0 Å². The summed E-state index contributed by atoms with van der Waals surface area (Å²) in [5.41, 5.74) is 1.73. The van der Waals surface area contributed by atoms with Gasteiger partial charge < -0.3 is 0 Å². The van der Waals surface area contributed by atoms with E-state index in [9.17, 15) is 13.2 Å². The fourth-order valence-corrected chi connectivity index (χ4v) is 5.38. The summed E-state index contributed by atoms with van der Waals surface area (Å²) in [5, 5.41) is 0.977. The Balaban J connectivity index is 1.84. The lowest BCUT2D eigenvalue weighted by Gasteiger charge is -2.27. The summed E-state index contributed by atoms with van der Waals surface area (Å²) in [6.45, 7) is 7.95. The molecule has 0 spiro atoms. The van der Waals surface area contributed by atoms with Crippen molar-refractivity contribution < 1.29 is 8.42 Å². The number of nitrogens with zero attached hydrogens (tertiary/aromatic N) is 3. The third kappa shape index (κ3) is 4.76. The first kappa shape index (κ1) is 25.1. The SMILES string of the molecule is CC(c1nc2ccccc2c(=O)n1-c1ccc(Cl)cc1)N(C)S(=O)(=O)c1ccc(C(C)(C)C)cc1. The molecule has 3 aromatic carbocycles. The van der Waals surface area contributed by atoms with Crippen LogP contribution in [0.1, 0.15) is 45.1 Å². The van der Waals surface area contributed by atoms with E-state index in [1.54, 1.807) is 67.6 Å². The van der Waals surface area contributed by atoms with Gasteiger partial charge in [0.1, 0.15) is 5.82 Å². The normalized spacial score (nSPS) is 13.3. The van der Waals surface area contributed by atoms with Gasteiger partial charge in [0, 0.05) is 12.1 Å². The van der Waals surface area contributed by atoms with Crippen LogP contribution < -0.4 is 5.56 Å². The lowest BCUT2D eigenvalue weighted by atomic mass is 9.87. The molecule has 0 aliphatic rings. The molecule has 0 amide bonds. The molecule has 0 saturated heterocycles. The van der Waals surface area contributed by atoms with E-state index in [4.69, 9.17) is 16.6 Å². The first-order chi connectivity index (χ1) is 16.4. The maximum atomic E-state index is 13.5. The second-order valence-corrected chi connectivity index (χ2v) is 12.0. The molecule has 0 fully saturated rings. The smallest absolute Gasteiger partial charge is 0.266 e. The van der Waals surface area contributed by atoms with Crippen LogP contribution in [0.3, 0.4) is 0 Å². The van der Waals surface area contributed by atoms with Crippen molar-refractivity contribution in [1.29, 1.82) is 0 Å². The van der Waals surface area contributed by atoms with Gasteiger partial charge in [-0.2, -0.15) is 4.31 Å². The minimum atomic E-state index is -3.86. The minimum Gasteiger partial charge on any atom is -0.268 e. The largest absolute Gasteiger partial charge is 0.268 e. The van der Waals surface area contributed by atoms with Crippen molar-refractivity contribution in [3.8, 4) is 5.69 Å². The van der Waals surface area contributed by atoms with Crippen LogP contribution in [0.5, 0.6) is 0 Å². The van der Waals surface area contributed by atoms with Crippen molar-refractivity contribution in [2.75, 3.05) is 7.05 Å². The topological polar surface area (TPSA) is 72.3 Å². The van der Waals surface area contributed by atoms with E-state index in [2.05, 4.69) is 20.8 Å². The van der Waals surface area contributed by atoms with Crippen molar-refractivity contribution in [1.82, 2.24) is 13.9 Å². The third-order valence-corrected chi connectivity index (χ3v) is 8.40. The molecule has 182 valence electrons. The van der Waals surface area contributed by atoms with E-state index in [1.807, 2.05) is 12.1 Å². The Hall–Kier alpha value is -3.00. The molecular weight excluding hydrogens is 482 g/mol. The average molecular weight is 510 g/mol. The van der Waals surface area contributed by atoms with Gasteiger partial charge in [-0.25, -0.2) is 13.4 Å². The van der Waals surface area contributed by atoms with E-state index < -0.39 is 16.1 Å². The molecule has 0 aliphatic heterocycles. The minimum absolute atomic E-state index is 0.0921. The monoisotopic (exact) mass is 509 g/mol. The lowest BCUT2D eigenvalue weighted by Crippen LogP contribution is -2.35. The van der Waals surface area contributed by atoms with Crippen LogP contribution in [0, 0.1) is 0 Å². The summed E-state index contributed by atoms with van der Waals surface area (Å²) in [6, 6.07) is 20.0. The van der Waals surface area contributed by atoms with E-state index >= 15 is 0 Å². The maximum Gasteiger partial charge on any atom is 0.266 e. The highest BCUT2D eigenvalue weighted by atomic mass is 35.5. The summed E-state index contributed by atoms with van der Waals surface area (Å²) in [4.78, 5) is 18.4. The van der Waals surface area contributed by atoms with Gasteiger partial charge in [0.25, 0.3) is 5.56 Å². The van der Waals surface area contributed by atoms with Crippen LogP contribution >= 0.6 is 11.6 Å². The molecule has 0 radical (unpaired) electrons. The van der Waals surface area contributed by atoms with Crippen molar-refractivity contribution in [3.63, 3.8) is 0 Å². The molecule has 4 rings (SSSR count). The number of benzene rings is 3. The van der Waals surface area contributed by atoms with E-state index in [1.165, 1.54) is 15.9 Å². The Morgan fingerprint density at radius 1 is 0.943 bits per heavy atom. The summed E-state index contributed by atoms with van der Waals surface area (Å²) >= 11 is 6.06. The molecule has 1 atom stereocenters. The summed E-state index contributed by atoms with van der Waals surface area (Å²) in [7, 11) is -2.36. The predicted molar refractivity (Wildman–Crippen MR) is 141 cm³/mol. The van der Waals surface area contributed by atoms with Gasteiger partial charge in [0.15, 0.2) is 0 Å². The Labute approximate surface area is 210 Å². The van der Waals surface area contributed by atoms with Gasteiger partial charge in [-0.05, 0) is 66.4 Å². The second kappa shape index (κ2) is 9.22. The number of halogens is 1. The van der Waals surface area contributed by atoms with Crippen molar-refractivity contribution in [3.05, 3.63) is 99.6 Å². The molecule has 0 aliphatic carbocycles. The number of aromatic nitrogens is 2. The van der Waals surface area contributed by atoms with Crippen LogP contribution in [0.4, 0.5) is 0 Å². The van der Waals surface area contributed by atoms with Crippen molar-refractivity contribution in [2.45, 2.75) is 44.0 Å². The molecule has 8 heteroatoms. The van der Waals surface area contributed by atoms with Crippen LogP contribution in [0.2, 0.25) is 5.02 Å². The number of hydrogen-bond donors (Lipinski definition) is 0. The van der Waals surface area contributed by atoms with E-state index in [-0.39, 0.29) is 15.9 Å². The van der Waals surface area contributed by atoms with Gasteiger partial charge in [-0.15, -0.1) is 0 Å². The Morgan fingerprint density at radius 3 is 2.14 bits per heavy atom. The van der Waals surface area contributed by atoms with Gasteiger partial charge in [-0.3, -0.25) is 9.36 Å². The van der Waals surface area contributed by atoms with E-state index in [0.29, 0.717) is 27.4 Å². The third-order valence-electron chi connectivity index (χ3n) is 6.20. The highest BCUT2D eigenvalue weighted by molar-refractivity contribution is 7.89. The van der Waals surface area contributed by atoms with Crippen molar-refractivity contribution >= 4 is 32.5 Å². The van der Waals surface area contributed by atoms with Crippen LogP contribution in [0.15, 0.2) is 82.5 Å². The van der Waals surface area contributed by atoms with Gasteiger partial charge in [0.2, 0.25) is 10.0 Å². The first-order valence-electron chi connectivity index (χ1n) is 11.3. The van der Waals surface area contributed by atoms with Gasteiger partial charge in [0.05, 0.1) is 27.5 Å². The fourth-order valence-electron chi connectivity index (χ4n) is 3.93. The Bertz CT molecular complexity index is 1540. The van der Waals surface area contributed by atoms with Crippen LogP contribution in [0.25, 0.3) is 16.6 Å². The number of sulfonamides is 1. The Morgan fingerprint density at radius 2 is 1.54 bits per heavy atom. The summed E-state index contributed by atoms with van der Waals surface area (Å²) < 4.78 is 29.8.